The zero-order valence-electron chi connectivity index (χ0n) is 18.9. The van der Waals surface area contributed by atoms with Crippen LogP contribution >= 0.6 is 0 Å². The summed E-state index contributed by atoms with van der Waals surface area (Å²) in [4.78, 5) is 24.8. The van der Waals surface area contributed by atoms with Crippen molar-refractivity contribution in [2.24, 2.45) is 5.92 Å². The number of aromatic hydroxyl groups is 1. The van der Waals surface area contributed by atoms with Gasteiger partial charge in [-0.15, -0.1) is 0 Å². The monoisotopic (exact) mass is 458 g/mol. The fourth-order valence-corrected chi connectivity index (χ4v) is 4.25. The Labute approximate surface area is 197 Å². The molecule has 1 fully saturated rings. The Balaban J connectivity index is 1.41. The molecule has 0 aliphatic carbocycles. The third kappa shape index (κ3) is 4.45. The van der Waals surface area contributed by atoms with E-state index in [2.05, 4.69) is 20.3 Å². The third-order valence-electron chi connectivity index (χ3n) is 6.08. The number of hydrogen-bond donors (Lipinski definition) is 3. The van der Waals surface area contributed by atoms with Crippen molar-refractivity contribution in [3.8, 4) is 34.1 Å². The molecule has 0 spiro atoms. The molecule has 1 amide bonds. The van der Waals surface area contributed by atoms with Gasteiger partial charge in [-0.1, -0.05) is 6.07 Å². The number of methoxy groups -OCH3 is 1. The van der Waals surface area contributed by atoms with E-state index in [9.17, 15) is 9.90 Å². The van der Waals surface area contributed by atoms with E-state index < -0.39 is 0 Å². The average Bonchev–Trinajstić information content (AvgIpc) is 3.31. The van der Waals surface area contributed by atoms with Gasteiger partial charge >= 0.3 is 0 Å². The Hall–Kier alpha value is -3.91. The first-order valence-electron chi connectivity index (χ1n) is 11.3. The Morgan fingerprint density at radius 1 is 1.24 bits per heavy atom. The largest absolute Gasteiger partial charge is 0.507 e. The zero-order valence-corrected chi connectivity index (χ0v) is 18.9. The lowest BCUT2D eigenvalue weighted by atomic mass is 10.0. The van der Waals surface area contributed by atoms with E-state index in [1.165, 1.54) is 0 Å². The van der Waals surface area contributed by atoms with E-state index in [1.54, 1.807) is 43.6 Å². The van der Waals surface area contributed by atoms with Gasteiger partial charge in [0.1, 0.15) is 11.6 Å². The number of phenols is 1. The number of carbonyl (C=O) groups excluding carboxylic acids is 1. The Bertz CT molecular complexity index is 1330. The summed E-state index contributed by atoms with van der Waals surface area (Å²) in [6, 6.07) is 14.4. The fourth-order valence-electron chi connectivity index (χ4n) is 4.25. The Kier molecular flexibility index (Phi) is 6.14. The van der Waals surface area contributed by atoms with Crippen molar-refractivity contribution < 1.29 is 19.4 Å². The summed E-state index contributed by atoms with van der Waals surface area (Å²) >= 11 is 0. The molecular weight excluding hydrogens is 432 g/mol. The van der Waals surface area contributed by atoms with Crippen LogP contribution in [0.25, 0.3) is 33.5 Å². The van der Waals surface area contributed by atoms with Crippen LogP contribution in [0.4, 0.5) is 0 Å². The smallest absolute Gasteiger partial charge is 0.251 e. The first-order chi connectivity index (χ1) is 16.6. The van der Waals surface area contributed by atoms with E-state index in [0.717, 1.165) is 30.6 Å². The molecule has 1 unspecified atom stereocenters. The molecule has 1 aliphatic heterocycles. The second-order valence-electron chi connectivity index (χ2n) is 8.40. The van der Waals surface area contributed by atoms with Gasteiger partial charge in [-0.05, 0) is 66.8 Å². The number of rotatable bonds is 6. The van der Waals surface area contributed by atoms with Crippen molar-refractivity contribution in [3.05, 3.63) is 60.3 Å². The van der Waals surface area contributed by atoms with E-state index in [1.807, 2.05) is 18.2 Å². The quantitative estimate of drug-likeness (QED) is 0.400. The van der Waals surface area contributed by atoms with E-state index in [0.29, 0.717) is 52.9 Å². The van der Waals surface area contributed by atoms with Gasteiger partial charge in [0.25, 0.3) is 5.91 Å². The molecule has 2 aromatic heterocycles. The van der Waals surface area contributed by atoms with Crippen LogP contribution in [-0.2, 0) is 4.74 Å². The van der Waals surface area contributed by atoms with Crippen LogP contribution in [0.15, 0.2) is 54.7 Å². The molecule has 4 aromatic rings. The summed E-state index contributed by atoms with van der Waals surface area (Å²) in [5, 5.41) is 13.5. The van der Waals surface area contributed by atoms with Crippen molar-refractivity contribution in [1.29, 1.82) is 0 Å². The second kappa shape index (κ2) is 9.52. The van der Waals surface area contributed by atoms with Gasteiger partial charge in [0.15, 0.2) is 0 Å². The van der Waals surface area contributed by atoms with Crippen LogP contribution < -0.4 is 10.1 Å². The number of amides is 1. The zero-order chi connectivity index (χ0) is 23.5. The number of aromatic nitrogens is 3. The number of nitrogens with one attached hydrogen (secondary N) is 2. The number of aromatic amines is 1. The highest BCUT2D eigenvalue weighted by atomic mass is 16.5. The number of H-pyrrole nitrogens is 1. The second-order valence-corrected chi connectivity index (χ2v) is 8.40. The highest BCUT2D eigenvalue weighted by molar-refractivity contribution is 5.97. The normalized spacial score (nSPS) is 15.9. The standard InChI is InChI=1S/C26H26N4O4/c1-33-26-19(5-2-10-27-26)17-7-9-23(31)20(12-17)24-29-21-8-6-18(13-22(21)30-24)25(32)28-14-16-4-3-11-34-15-16/h2,5-10,12-13,16,31H,3-4,11,14-15H2,1H3,(H,28,32)(H,29,30). The highest BCUT2D eigenvalue weighted by Crippen LogP contribution is 2.35. The van der Waals surface area contributed by atoms with E-state index in [4.69, 9.17) is 9.47 Å². The molecule has 0 bridgehead atoms. The van der Waals surface area contributed by atoms with Gasteiger partial charge < -0.3 is 24.9 Å². The summed E-state index contributed by atoms with van der Waals surface area (Å²) in [5.74, 6) is 1.33. The Morgan fingerprint density at radius 2 is 2.15 bits per heavy atom. The molecule has 1 atom stereocenters. The first kappa shape index (κ1) is 21.9. The van der Waals surface area contributed by atoms with Crippen molar-refractivity contribution in [1.82, 2.24) is 20.3 Å². The lowest BCUT2D eigenvalue weighted by Gasteiger charge is -2.22. The molecule has 0 radical (unpaired) electrons. The fraction of sp³-hybridized carbons (Fsp3) is 0.269. The lowest BCUT2D eigenvalue weighted by Crippen LogP contribution is -2.33. The van der Waals surface area contributed by atoms with Crippen LogP contribution in [0.3, 0.4) is 0 Å². The molecular formula is C26H26N4O4. The van der Waals surface area contributed by atoms with E-state index in [-0.39, 0.29) is 11.7 Å². The van der Waals surface area contributed by atoms with Crippen LogP contribution in [0.2, 0.25) is 0 Å². The molecule has 5 rings (SSSR count). The van der Waals surface area contributed by atoms with E-state index >= 15 is 0 Å². The number of pyridine rings is 1. The van der Waals surface area contributed by atoms with Crippen molar-refractivity contribution >= 4 is 16.9 Å². The van der Waals surface area contributed by atoms with Gasteiger partial charge in [-0.2, -0.15) is 0 Å². The highest BCUT2D eigenvalue weighted by Gasteiger charge is 2.17. The SMILES string of the molecule is COc1ncccc1-c1ccc(O)c(-c2nc3ccc(C(=O)NCC4CCCOC4)cc3[nH]2)c1. The molecule has 2 aromatic carbocycles. The maximum Gasteiger partial charge on any atom is 0.251 e. The molecule has 3 heterocycles. The number of carbonyl (C=O) groups is 1. The predicted octanol–water partition coefficient (Wildman–Crippen LogP) is 4.16. The average molecular weight is 459 g/mol. The van der Waals surface area contributed by atoms with Crippen LogP contribution in [0.1, 0.15) is 23.2 Å². The third-order valence-corrected chi connectivity index (χ3v) is 6.08. The number of benzene rings is 2. The maximum absolute atomic E-state index is 12.7. The summed E-state index contributed by atoms with van der Waals surface area (Å²) in [6.07, 6.45) is 3.77. The van der Waals surface area contributed by atoms with Crippen molar-refractivity contribution in [2.45, 2.75) is 12.8 Å². The number of phenolic OH excluding ortho intramolecular Hbond substituents is 1. The van der Waals surface area contributed by atoms with Crippen LogP contribution in [-0.4, -0.2) is 52.8 Å². The molecule has 1 saturated heterocycles. The Morgan fingerprint density at radius 3 is 2.97 bits per heavy atom. The number of nitrogens with zero attached hydrogens (tertiary/aromatic N) is 2. The van der Waals surface area contributed by atoms with Gasteiger partial charge in [0.05, 0.1) is 30.3 Å². The van der Waals surface area contributed by atoms with Crippen molar-refractivity contribution in [3.63, 3.8) is 0 Å². The van der Waals surface area contributed by atoms with Gasteiger partial charge in [0.2, 0.25) is 5.88 Å². The minimum absolute atomic E-state index is 0.0957. The summed E-state index contributed by atoms with van der Waals surface area (Å²) < 4.78 is 10.9. The predicted molar refractivity (Wildman–Crippen MR) is 129 cm³/mol. The minimum atomic E-state index is -0.128. The maximum atomic E-state index is 12.7. The molecule has 8 nitrogen and oxygen atoms in total. The lowest BCUT2D eigenvalue weighted by molar-refractivity contribution is 0.0536. The number of hydrogen-bond acceptors (Lipinski definition) is 6. The first-order valence-corrected chi connectivity index (χ1v) is 11.3. The number of fused-ring (bicyclic) bond motifs is 1. The van der Waals surface area contributed by atoms with Crippen LogP contribution in [0.5, 0.6) is 11.6 Å². The number of imidazole rings is 1. The van der Waals surface area contributed by atoms with Gasteiger partial charge in [0, 0.05) is 30.5 Å². The molecule has 174 valence electrons. The van der Waals surface area contributed by atoms with Gasteiger partial charge in [-0.25, -0.2) is 9.97 Å². The summed E-state index contributed by atoms with van der Waals surface area (Å²) in [7, 11) is 1.57. The molecule has 1 aliphatic rings. The van der Waals surface area contributed by atoms with Crippen LogP contribution in [0, 0.1) is 5.92 Å². The molecule has 8 heteroatoms. The number of ether oxygens (including phenoxy) is 2. The topological polar surface area (TPSA) is 109 Å². The minimum Gasteiger partial charge on any atom is -0.507 e. The van der Waals surface area contributed by atoms with Crippen molar-refractivity contribution in [2.75, 3.05) is 26.9 Å². The summed E-state index contributed by atoms with van der Waals surface area (Å²) in [6.45, 7) is 2.10. The summed E-state index contributed by atoms with van der Waals surface area (Å²) in [5.41, 5.74) is 4.17. The molecule has 3 N–H and O–H groups in total. The molecule has 0 saturated carbocycles. The van der Waals surface area contributed by atoms with Gasteiger partial charge in [-0.3, -0.25) is 4.79 Å². The molecule has 34 heavy (non-hydrogen) atoms.